The zero-order valence-corrected chi connectivity index (χ0v) is 12.0. The summed E-state index contributed by atoms with van der Waals surface area (Å²) in [6.07, 6.45) is 0. The van der Waals surface area contributed by atoms with E-state index in [1.807, 2.05) is 0 Å². The van der Waals surface area contributed by atoms with E-state index in [-0.39, 0.29) is 5.41 Å². The molecule has 0 N–H and O–H groups in total. The molecule has 0 nitrogen and oxygen atoms in total. The van der Waals surface area contributed by atoms with Crippen molar-refractivity contribution in [2.24, 2.45) is 0 Å². The van der Waals surface area contributed by atoms with Crippen molar-refractivity contribution in [3.05, 3.63) is 59.2 Å². The largest absolute Gasteiger partial charge is 0.0614 e. The summed E-state index contributed by atoms with van der Waals surface area (Å²) < 4.78 is 0. The van der Waals surface area contributed by atoms with E-state index in [1.54, 1.807) is 0 Å². The molecule has 0 heteroatoms. The molecule has 0 spiro atoms. The van der Waals surface area contributed by atoms with Gasteiger partial charge < -0.3 is 0 Å². The number of benzene rings is 2. The molecule has 0 heterocycles. The van der Waals surface area contributed by atoms with Crippen molar-refractivity contribution in [1.29, 1.82) is 0 Å². The normalized spacial score (nSPS) is 11.6. The second-order valence-corrected chi connectivity index (χ2v) is 6.17. The first-order chi connectivity index (χ1) is 8.38. The number of hydrogen-bond donors (Lipinski definition) is 0. The van der Waals surface area contributed by atoms with Crippen LogP contribution in [0.3, 0.4) is 0 Å². The van der Waals surface area contributed by atoms with Crippen LogP contribution in [-0.4, -0.2) is 0 Å². The van der Waals surface area contributed by atoms with Crippen LogP contribution in [0.5, 0.6) is 0 Å². The molecule has 0 saturated carbocycles. The Morgan fingerprint density at radius 3 is 2.06 bits per heavy atom. The maximum Gasteiger partial charge on any atom is -0.0126 e. The Morgan fingerprint density at radius 1 is 0.778 bits per heavy atom. The minimum absolute atomic E-state index is 0.173. The van der Waals surface area contributed by atoms with Gasteiger partial charge in [0.2, 0.25) is 0 Å². The van der Waals surface area contributed by atoms with E-state index in [0.717, 1.165) is 0 Å². The molecule has 0 fully saturated rings. The third-order valence-corrected chi connectivity index (χ3v) is 3.31. The van der Waals surface area contributed by atoms with Crippen molar-refractivity contribution in [3.63, 3.8) is 0 Å². The summed E-state index contributed by atoms with van der Waals surface area (Å²) in [5.41, 5.74) is 6.91. The first-order valence-electron chi connectivity index (χ1n) is 6.56. The molecular formula is C18H22. The highest BCUT2D eigenvalue weighted by Crippen LogP contribution is 2.33. The van der Waals surface area contributed by atoms with E-state index in [1.165, 1.54) is 27.8 Å². The predicted molar refractivity (Wildman–Crippen MR) is 80.1 cm³/mol. The van der Waals surface area contributed by atoms with Crippen molar-refractivity contribution in [3.8, 4) is 11.1 Å². The molecule has 0 radical (unpaired) electrons. The first-order valence-corrected chi connectivity index (χ1v) is 6.56. The highest BCUT2D eigenvalue weighted by atomic mass is 14.2. The van der Waals surface area contributed by atoms with Gasteiger partial charge in [0.15, 0.2) is 0 Å². The molecule has 0 atom stereocenters. The van der Waals surface area contributed by atoms with Crippen LogP contribution in [0.25, 0.3) is 11.1 Å². The molecule has 0 bridgehead atoms. The summed E-state index contributed by atoms with van der Waals surface area (Å²) in [6.45, 7) is 11.1. The van der Waals surface area contributed by atoms with Gasteiger partial charge in [0.1, 0.15) is 0 Å². The Balaban J connectivity index is 2.66. The molecule has 0 aromatic heterocycles. The summed E-state index contributed by atoms with van der Waals surface area (Å²) in [7, 11) is 0. The first kappa shape index (κ1) is 12.9. The lowest BCUT2D eigenvalue weighted by atomic mass is 9.81. The number of hydrogen-bond acceptors (Lipinski definition) is 0. The van der Waals surface area contributed by atoms with E-state index in [2.05, 4.69) is 77.1 Å². The fraction of sp³-hybridized carbons (Fsp3) is 0.333. The lowest BCUT2D eigenvalue weighted by Crippen LogP contribution is -2.12. The summed E-state index contributed by atoms with van der Waals surface area (Å²) in [6, 6.07) is 15.5. The van der Waals surface area contributed by atoms with Gasteiger partial charge >= 0.3 is 0 Å². The SMILES string of the molecule is Cc1cccc(-c2cc(C)ccc2C(C)(C)C)c1. The molecule has 0 aliphatic heterocycles. The average molecular weight is 238 g/mol. The third-order valence-electron chi connectivity index (χ3n) is 3.31. The maximum atomic E-state index is 2.30. The Labute approximate surface area is 111 Å². The molecule has 0 unspecified atom stereocenters. The third kappa shape index (κ3) is 2.64. The van der Waals surface area contributed by atoms with Gasteiger partial charge in [-0.15, -0.1) is 0 Å². The van der Waals surface area contributed by atoms with E-state index in [0.29, 0.717) is 0 Å². The molecule has 0 saturated heterocycles. The second-order valence-electron chi connectivity index (χ2n) is 6.17. The van der Waals surface area contributed by atoms with Gasteiger partial charge in [0, 0.05) is 0 Å². The molecule has 2 aromatic carbocycles. The molecule has 0 aliphatic rings. The zero-order chi connectivity index (χ0) is 13.3. The van der Waals surface area contributed by atoms with Crippen LogP contribution in [0.2, 0.25) is 0 Å². The lowest BCUT2D eigenvalue weighted by molar-refractivity contribution is 0.592. The van der Waals surface area contributed by atoms with Gasteiger partial charge in [-0.25, -0.2) is 0 Å². The van der Waals surface area contributed by atoms with Crippen molar-refractivity contribution < 1.29 is 0 Å². The van der Waals surface area contributed by atoms with E-state index < -0.39 is 0 Å². The smallest absolute Gasteiger partial charge is 0.0126 e. The van der Waals surface area contributed by atoms with E-state index >= 15 is 0 Å². The molecule has 0 amide bonds. The lowest BCUT2D eigenvalue weighted by Gasteiger charge is -2.23. The predicted octanol–water partition coefficient (Wildman–Crippen LogP) is 5.27. The number of rotatable bonds is 1. The van der Waals surface area contributed by atoms with E-state index in [4.69, 9.17) is 0 Å². The van der Waals surface area contributed by atoms with Gasteiger partial charge in [-0.2, -0.15) is 0 Å². The average Bonchev–Trinajstić information content (AvgIpc) is 2.27. The van der Waals surface area contributed by atoms with Crippen LogP contribution in [-0.2, 0) is 5.41 Å². The van der Waals surface area contributed by atoms with Gasteiger partial charge in [-0.1, -0.05) is 74.4 Å². The molecule has 94 valence electrons. The van der Waals surface area contributed by atoms with Crippen molar-refractivity contribution in [2.45, 2.75) is 40.0 Å². The Morgan fingerprint density at radius 2 is 1.44 bits per heavy atom. The topological polar surface area (TPSA) is 0 Å². The van der Waals surface area contributed by atoms with Gasteiger partial charge in [-0.05, 0) is 36.0 Å². The highest BCUT2D eigenvalue weighted by molar-refractivity contribution is 5.70. The summed E-state index contributed by atoms with van der Waals surface area (Å²) in [5.74, 6) is 0. The second kappa shape index (κ2) is 4.61. The monoisotopic (exact) mass is 238 g/mol. The maximum absolute atomic E-state index is 2.30. The summed E-state index contributed by atoms with van der Waals surface area (Å²) in [5, 5.41) is 0. The highest BCUT2D eigenvalue weighted by Gasteiger charge is 2.18. The van der Waals surface area contributed by atoms with Gasteiger partial charge in [0.05, 0.1) is 0 Å². The molecule has 2 rings (SSSR count). The Bertz CT molecular complexity index is 556. The summed E-state index contributed by atoms with van der Waals surface area (Å²) >= 11 is 0. The van der Waals surface area contributed by atoms with E-state index in [9.17, 15) is 0 Å². The molecule has 0 aliphatic carbocycles. The van der Waals surface area contributed by atoms with Crippen molar-refractivity contribution >= 4 is 0 Å². The van der Waals surface area contributed by atoms with Crippen LogP contribution >= 0.6 is 0 Å². The fourth-order valence-corrected chi connectivity index (χ4v) is 2.36. The molecule has 18 heavy (non-hydrogen) atoms. The molecule has 2 aromatic rings. The Kier molecular flexibility index (Phi) is 3.30. The van der Waals surface area contributed by atoms with Crippen LogP contribution in [0.15, 0.2) is 42.5 Å². The fourth-order valence-electron chi connectivity index (χ4n) is 2.36. The van der Waals surface area contributed by atoms with Gasteiger partial charge in [-0.3, -0.25) is 0 Å². The standard InChI is InChI=1S/C18H22/c1-13-7-6-8-15(11-13)16-12-14(2)9-10-17(16)18(3,4)5/h6-12H,1-5H3. The minimum Gasteiger partial charge on any atom is -0.0614 e. The number of aryl methyl sites for hydroxylation is 2. The summed E-state index contributed by atoms with van der Waals surface area (Å²) in [4.78, 5) is 0. The van der Waals surface area contributed by atoms with Crippen molar-refractivity contribution in [2.75, 3.05) is 0 Å². The molecular weight excluding hydrogens is 216 g/mol. The van der Waals surface area contributed by atoms with Crippen LogP contribution in [0.4, 0.5) is 0 Å². The van der Waals surface area contributed by atoms with Gasteiger partial charge in [0.25, 0.3) is 0 Å². The quantitative estimate of drug-likeness (QED) is 0.635. The van der Waals surface area contributed by atoms with Crippen LogP contribution in [0.1, 0.15) is 37.5 Å². The van der Waals surface area contributed by atoms with Crippen LogP contribution < -0.4 is 0 Å². The Hall–Kier alpha value is -1.56. The van der Waals surface area contributed by atoms with Crippen molar-refractivity contribution in [1.82, 2.24) is 0 Å². The zero-order valence-electron chi connectivity index (χ0n) is 12.0. The minimum atomic E-state index is 0.173. The van der Waals surface area contributed by atoms with Crippen LogP contribution in [0, 0.1) is 13.8 Å².